The van der Waals surface area contributed by atoms with Crippen LogP contribution in [0.4, 0.5) is 5.69 Å². The number of nitrogens with one attached hydrogen (secondary N) is 1. The SMILES string of the molecule is COc1ccc(OC)c(C(=O)[C@H]2[C@@H](C(=O)c3cc4ccccc4o3)[C@]3(C(=O)Nc4ccccc43)[C@H]3c4ccccc4C=CN23)c1. The van der Waals surface area contributed by atoms with Crippen LogP contribution in [0.2, 0.25) is 0 Å². The fourth-order valence-corrected chi connectivity index (χ4v) is 7.59. The highest BCUT2D eigenvalue weighted by Gasteiger charge is 2.71. The fraction of sp³-hybridized carbons (Fsp3) is 0.162. The second-order valence-electron chi connectivity index (χ2n) is 11.5. The Morgan fingerprint density at radius 1 is 0.867 bits per heavy atom. The molecular formula is C37H28N2O6. The molecule has 4 heterocycles. The van der Waals surface area contributed by atoms with Crippen LogP contribution in [-0.2, 0) is 10.2 Å². The molecule has 8 nitrogen and oxygen atoms in total. The molecule has 1 N–H and O–H groups in total. The number of ether oxygens (including phenoxy) is 2. The van der Waals surface area contributed by atoms with Crippen LogP contribution >= 0.6 is 0 Å². The van der Waals surface area contributed by atoms with Crippen molar-refractivity contribution in [3.05, 3.63) is 131 Å². The monoisotopic (exact) mass is 596 g/mol. The molecule has 3 aliphatic heterocycles. The molecule has 4 atom stereocenters. The third-order valence-electron chi connectivity index (χ3n) is 9.46. The van der Waals surface area contributed by atoms with Crippen molar-refractivity contribution in [3.8, 4) is 11.5 Å². The van der Waals surface area contributed by atoms with Gasteiger partial charge in [0.2, 0.25) is 11.7 Å². The zero-order chi connectivity index (χ0) is 30.9. The van der Waals surface area contributed by atoms with Crippen molar-refractivity contribution in [2.45, 2.75) is 17.5 Å². The van der Waals surface area contributed by atoms with E-state index in [9.17, 15) is 4.79 Å². The molecule has 0 radical (unpaired) electrons. The molecule has 5 aromatic rings. The number of amides is 1. The molecule has 8 rings (SSSR count). The molecule has 0 unspecified atom stereocenters. The Kier molecular flexibility index (Phi) is 5.96. The number of hydrogen-bond donors (Lipinski definition) is 1. The summed E-state index contributed by atoms with van der Waals surface area (Å²) in [6.07, 6.45) is 3.76. The number of nitrogens with zero attached hydrogens (tertiary/aromatic N) is 1. The van der Waals surface area contributed by atoms with E-state index in [-0.39, 0.29) is 23.0 Å². The summed E-state index contributed by atoms with van der Waals surface area (Å²) in [5.41, 5.74) is 2.37. The largest absolute Gasteiger partial charge is 0.497 e. The van der Waals surface area contributed by atoms with Crippen LogP contribution < -0.4 is 14.8 Å². The Morgan fingerprint density at radius 3 is 2.47 bits per heavy atom. The summed E-state index contributed by atoms with van der Waals surface area (Å²) in [7, 11) is 3.01. The van der Waals surface area contributed by atoms with Crippen LogP contribution in [0, 0.1) is 5.92 Å². The lowest BCUT2D eigenvalue weighted by atomic mass is 9.63. The summed E-state index contributed by atoms with van der Waals surface area (Å²) in [6.45, 7) is 0. The van der Waals surface area contributed by atoms with Crippen LogP contribution in [-0.4, -0.2) is 42.6 Å². The minimum Gasteiger partial charge on any atom is -0.497 e. The Hall–Kier alpha value is -5.63. The number of hydrogen-bond acceptors (Lipinski definition) is 7. The van der Waals surface area contributed by atoms with Gasteiger partial charge in [0.25, 0.3) is 0 Å². The van der Waals surface area contributed by atoms with Gasteiger partial charge in [-0.2, -0.15) is 0 Å². The Balaban J connectivity index is 1.43. The number of benzene rings is 4. The minimum absolute atomic E-state index is 0.0882. The lowest BCUT2D eigenvalue weighted by Crippen LogP contribution is -2.49. The van der Waals surface area contributed by atoms with Crippen molar-refractivity contribution in [1.82, 2.24) is 4.90 Å². The van der Waals surface area contributed by atoms with Gasteiger partial charge in [0, 0.05) is 17.3 Å². The number of methoxy groups -OCH3 is 2. The van der Waals surface area contributed by atoms with Gasteiger partial charge < -0.3 is 24.1 Å². The molecule has 0 saturated carbocycles. The topological polar surface area (TPSA) is 98.1 Å². The smallest absolute Gasteiger partial charge is 0.238 e. The molecule has 0 aliphatic carbocycles. The first-order valence-corrected chi connectivity index (χ1v) is 14.7. The Bertz CT molecular complexity index is 2050. The van der Waals surface area contributed by atoms with E-state index in [1.54, 1.807) is 30.3 Å². The van der Waals surface area contributed by atoms with Gasteiger partial charge in [-0.1, -0.05) is 60.7 Å². The van der Waals surface area contributed by atoms with E-state index in [0.29, 0.717) is 28.3 Å². The molecule has 1 aromatic heterocycles. The van der Waals surface area contributed by atoms with Crippen molar-refractivity contribution < 1.29 is 28.3 Å². The van der Waals surface area contributed by atoms with Crippen LogP contribution in [0.3, 0.4) is 0 Å². The van der Waals surface area contributed by atoms with Crippen LogP contribution in [0.15, 0.2) is 108 Å². The van der Waals surface area contributed by atoms with E-state index in [4.69, 9.17) is 13.9 Å². The minimum atomic E-state index is -1.47. The van der Waals surface area contributed by atoms with Gasteiger partial charge in [-0.05, 0) is 59.2 Å². The standard InChI is InChI=1S/C37H28N2O6/c1-43-23-15-16-29(44-2)25(20-23)33(40)32-31(34(41)30-19-22-10-4-8-14-28(22)45-30)37(26-12-6-7-13-27(26)38-36(37)42)35-24-11-5-3-9-21(24)17-18-39(32)35/h3-20,31-32,35H,1-2H3,(H,38,42)/t31-,32+,35+,37-/m0/s1. The first kappa shape index (κ1) is 27.0. The zero-order valence-corrected chi connectivity index (χ0v) is 24.5. The Labute approximate surface area is 258 Å². The van der Waals surface area contributed by atoms with Crippen molar-refractivity contribution in [3.63, 3.8) is 0 Å². The van der Waals surface area contributed by atoms with E-state index in [2.05, 4.69) is 5.32 Å². The van der Waals surface area contributed by atoms with Gasteiger partial charge in [-0.3, -0.25) is 14.4 Å². The summed E-state index contributed by atoms with van der Waals surface area (Å²) in [6, 6.07) is 27.5. The van der Waals surface area contributed by atoms with Crippen molar-refractivity contribution in [1.29, 1.82) is 0 Å². The molecule has 8 heteroatoms. The quantitative estimate of drug-likeness (QED) is 0.226. The van der Waals surface area contributed by atoms with E-state index < -0.39 is 29.2 Å². The van der Waals surface area contributed by atoms with Crippen molar-refractivity contribution >= 4 is 40.2 Å². The summed E-state index contributed by atoms with van der Waals surface area (Å²) in [5, 5.41) is 3.82. The van der Waals surface area contributed by atoms with Gasteiger partial charge in [-0.15, -0.1) is 0 Å². The Morgan fingerprint density at radius 2 is 1.64 bits per heavy atom. The van der Waals surface area contributed by atoms with Crippen LogP contribution in [0.1, 0.15) is 43.6 Å². The predicted molar refractivity (Wildman–Crippen MR) is 169 cm³/mol. The molecule has 45 heavy (non-hydrogen) atoms. The molecule has 1 spiro atoms. The lowest BCUT2D eigenvalue weighted by molar-refractivity contribution is -0.122. The molecule has 1 fully saturated rings. The van der Waals surface area contributed by atoms with Gasteiger partial charge in [-0.25, -0.2) is 0 Å². The normalized spacial score (nSPS) is 22.6. The highest BCUT2D eigenvalue weighted by atomic mass is 16.5. The van der Waals surface area contributed by atoms with Crippen molar-refractivity contribution in [2.24, 2.45) is 5.92 Å². The average molecular weight is 597 g/mol. The third-order valence-corrected chi connectivity index (χ3v) is 9.46. The molecule has 0 bridgehead atoms. The number of fused-ring (bicyclic) bond motifs is 7. The molecule has 1 amide bonds. The molecular weight excluding hydrogens is 568 g/mol. The molecule has 4 aromatic carbocycles. The third kappa shape index (κ3) is 3.68. The van der Waals surface area contributed by atoms with Crippen molar-refractivity contribution in [2.75, 3.05) is 19.5 Å². The average Bonchev–Trinajstić information content (AvgIpc) is 3.74. The van der Waals surface area contributed by atoms with E-state index in [1.807, 2.05) is 83.9 Å². The summed E-state index contributed by atoms with van der Waals surface area (Å²) >= 11 is 0. The van der Waals surface area contributed by atoms with E-state index in [0.717, 1.165) is 16.5 Å². The van der Waals surface area contributed by atoms with E-state index in [1.165, 1.54) is 14.2 Å². The molecule has 1 saturated heterocycles. The summed E-state index contributed by atoms with van der Waals surface area (Å²) in [4.78, 5) is 46.6. The maximum atomic E-state index is 15.1. The maximum Gasteiger partial charge on any atom is 0.238 e. The summed E-state index contributed by atoms with van der Waals surface area (Å²) in [5.74, 6) is -1.43. The number of ketones is 2. The van der Waals surface area contributed by atoms with Crippen LogP contribution in [0.5, 0.6) is 11.5 Å². The van der Waals surface area contributed by atoms with Gasteiger partial charge in [0.15, 0.2) is 11.5 Å². The highest BCUT2D eigenvalue weighted by Crippen LogP contribution is 2.62. The fourth-order valence-electron chi connectivity index (χ4n) is 7.59. The van der Waals surface area contributed by atoms with Gasteiger partial charge >= 0.3 is 0 Å². The van der Waals surface area contributed by atoms with E-state index >= 15 is 9.59 Å². The predicted octanol–water partition coefficient (Wildman–Crippen LogP) is 6.43. The number of carbonyl (C=O) groups excluding carboxylic acids is 3. The van der Waals surface area contributed by atoms with Gasteiger partial charge in [0.05, 0.1) is 31.7 Å². The second kappa shape index (κ2) is 9.95. The lowest BCUT2D eigenvalue weighted by Gasteiger charge is -2.38. The van der Waals surface area contributed by atoms with Gasteiger partial charge in [0.1, 0.15) is 28.5 Å². The number of Topliss-reactive ketones (excluding diaryl/α,β-unsaturated/α-hetero) is 2. The first-order chi connectivity index (χ1) is 22.0. The zero-order valence-electron chi connectivity index (χ0n) is 24.5. The highest BCUT2D eigenvalue weighted by molar-refractivity contribution is 6.17. The number of rotatable bonds is 6. The number of para-hydroxylation sites is 2. The second-order valence-corrected chi connectivity index (χ2v) is 11.5. The number of furan rings is 1. The van der Waals surface area contributed by atoms with Crippen LogP contribution in [0.25, 0.3) is 17.0 Å². The number of anilines is 1. The summed E-state index contributed by atoms with van der Waals surface area (Å²) < 4.78 is 17.2. The number of carbonyl (C=O) groups is 3. The maximum absolute atomic E-state index is 15.1. The molecule has 3 aliphatic rings. The first-order valence-electron chi connectivity index (χ1n) is 14.7. The molecule has 222 valence electrons.